The molecular formula is C59H44N6. The standard InChI is InChI=1S/C59H44N6/c1-2-3-33-61-52(43-16-8-4-9-17-43)29-25-41-26-30-56-50(35-41)51-37-47(48-32-34-62-53(38-48)44-18-10-5-11-19-44)27-31-57(51)65(56)58-36-42(40-60)24-28-49(58)59-63-54(45-20-12-6-13-21-45)39-55(64-59)46-22-14-7-15-23-46/h2-24,26-39,59,63H,25H2,1H3/b3-2+,52-29-,61-33+. The summed E-state index contributed by atoms with van der Waals surface area (Å²) >= 11 is 0. The summed E-state index contributed by atoms with van der Waals surface area (Å²) < 4.78 is 2.31. The Bertz CT molecular complexity index is 3370. The lowest BCUT2D eigenvalue weighted by Crippen LogP contribution is -2.26. The Morgan fingerprint density at radius 3 is 2.06 bits per heavy atom. The van der Waals surface area contributed by atoms with Gasteiger partial charge in [-0.25, -0.2) is 0 Å². The fourth-order valence-corrected chi connectivity index (χ4v) is 8.56. The number of benzene rings is 7. The zero-order chi connectivity index (χ0) is 44.0. The van der Waals surface area contributed by atoms with Crippen molar-refractivity contribution >= 4 is 45.1 Å². The van der Waals surface area contributed by atoms with Crippen LogP contribution in [0.4, 0.5) is 0 Å². The van der Waals surface area contributed by atoms with Gasteiger partial charge >= 0.3 is 0 Å². The van der Waals surface area contributed by atoms with E-state index in [9.17, 15) is 5.26 Å². The van der Waals surface area contributed by atoms with E-state index in [1.165, 1.54) is 0 Å². The molecular weight excluding hydrogens is 793 g/mol. The quantitative estimate of drug-likeness (QED) is 0.132. The first-order chi connectivity index (χ1) is 32.1. The molecule has 0 amide bonds. The van der Waals surface area contributed by atoms with Crippen LogP contribution in [0.5, 0.6) is 0 Å². The normalized spacial score (nSPS) is 14.1. The highest BCUT2D eigenvalue weighted by Crippen LogP contribution is 2.39. The van der Waals surface area contributed by atoms with Gasteiger partial charge < -0.3 is 9.88 Å². The fraction of sp³-hybridized carbons (Fsp3) is 0.0508. The van der Waals surface area contributed by atoms with E-state index < -0.39 is 6.17 Å². The van der Waals surface area contributed by atoms with Crippen LogP contribution in [0.3, 0.4) is 0 Å². The number of hydrogen-bond acceptors (Lipinski definition) is 5. The van der Waals surface area contributed by atoms with Crippen LogP contribution in [0.15, 0.2) is 229 Å². The molecule has 1 aliphatic heterocycles. The van der Waals surface area contributed by atoms with Crippen molar-refractivity contribution in [2.45, 2.75) is 19.5 Å². The maximum atomic E-state index is 10.4. The van der Waals surface area contributed by atoms with E-state index in [1.807, 2.05) is 104 Å². The van der Waals surface area contributed by atoms with Crippen LogP contribution in [0.2, 0.25) is 0 Å². The van der Waals surface area contributed by atoms with Gasteiger partial charge in [0.1, 0.15) is 6.17 Å². The fourth-order valence-electron chi connectivity index (χ4n) is 8.56. The monoisotopic (exact) mass is 836 g/mol. The molecule has 9 aromatic rings. The topological polar surface area (TPSA) is 78.4 Å². The molecule has 0 spiro atoms. The molecule has 7 aromatic carbocycles. The van der Waals surface area contributed by atoms with Crippen molar-refractivity contribution in [2.75, 3.05) is 0 Å². The van der Waals surface area contributed by atoms with E-state index >= 15 is 0 Å². The van der Waals surface area contributed by atoms with Gasteiger partial charge in [-0.15, -0.1) is 0 Å². The number of aliphatic imine (C=N–C) groups is 2. The lowest BCUT2D eigenvalue weighted by atomic mass is 10.00. The molecule has 6 nitrogen and oxygen atoms in total. The average Bonchev–Trinajstić information content (AvgIpc) is 3.71. The van der Waals surface area contributed by atoms with E-state index in [2.05, 4.69) is 143 Å². The zero-order valence-electron chi connectivity index (χ0n) is 35.9. The zero-order valence-corrected chi connectivity index (χ0v) is 35.9. The molecule has 1 atom stereocenters. The van der Waals surface area contributed by atoms with Crippen molar-refractivity contribution < 1.29 is 0 Å². The Morgan fingerprint density at radius 1 is 0.677 bits per heavy atom. The summed E-state index contributed by atoms with van der Waals surface area (Å²) in [6.07, 6.45) is 12.2. The van der Waals surface area contributed by atoms with Crippen molar-refractivity contribution in [3.8, 4) is 34.1 Å². The second kappa shape index (κ2) is 18.4. The third-order valence-corrected chi connectivity index (χ3v) is 11.8. The van der Waals surface area contributed by atoms with Crippen molar-refractivity contribution in [3.05, 3.63) is 252 Å². The first-order valence-electron chi connectivity index (χ1n) is 21.8. The average molecular weight is 837 g/mol. The van der Waals surface area contributed by atoms with Crippen molar-refractivity contribution in [2.24, 2.45) is 9.98 Å². The van der Waals surface area contributed by atoms with E-state index in [-0.39, 0.29) is 0 Å². The van der Waals surface area contributed by atoms with Gasteiger partial charge in [0.15, 0.2) is 0 Å². The van der Waals surface area contributed by atoms with E-state index in [0.29, 0.717) is 12.0 Å². The van der Waals surface area contributed by atoms with E-state index in [0.717, 1.165) is 94.8 Å². The third-order valence-electron chi connectivity index (χ3n) is 11.8. The van der Waals surface area contributed by atoms with Crippen molar-refractivity contribution in [1.82, 2.24) is 14.9 Å². The van der Waals surface area contributed by atoms with Crippen LogP contribution in [-0.4, -0.2) is 21.5 Å². The smallest absolute Gasteiger partial charge is 0.147 e. The highest BCUT2D eigenvalue weighted by molar-refractivity contribution is 6.13. The molecule has 2 aromatic heterocycles. The second-order valence-corrected chi connectivity index (χ2v) is 15.9. The van der Waals surface area contributed by atoms with E-state index in [1.54, 1.807) is 0 Å². The summed E-state index contributed by atoms with van der Waals surface area (Å²) in [6, 6.07) is 67.3. The van der Waals surface area contributed by atoms with Gasteiger partial charge in [-0.05, 0) is 107 Å². The number of aromatic nitrogens is 2. The number of allylic oxidation sites excluding steroid dienone is 4. The molecule has 0 fully saturated rings. The third kappa shape index (κ3) is 8.47. The molecule has 1 aliphatic rings. The molecule has 0 saturated carbocycles. The summed E-state index contributed by atoms with van der Waals surface area (Å²) in [7, 11) is 0. The lowest BCUT2D eigenvalue weighted by molar-refractivity contribution is 0.660. The lowest BCUT2D eigenvalue weighted by Gasteiger charge is -2.27. The minimum absolute atomic E-state index is 0.461. The van der Waals surface area contributed by atoms with Crippen LogP contribution in [0.1, 0.15) is 46.5 Å². The predicted octanol–water partition coefficient (Wildman–Crippen LogP) is 13.7. The first-order valence-corrected chi connectivity index (χ1v) is 21.8. The maximum Gasteiger partial charge on any atom is 0.147 e. The van der Waals surface area contributed by atoms with Gasteiger partial charge in [0, 0.05) is 40.0 Å². The first kappa shape index (κ1) is 40.4. The number of fused-ring (bicyclic) bond motifs is 3. The summed E-state index contributed by atoms with van der Waals surface area (Å²) in [6.45, 7) is 1.99. The molecule has 0 aliphatic carbocycles. The van der Waals surface area contributed by atoms with Gasteiger partial charge in [0.2, 0.25) is 0 Å². The molecule has 0 radical (unpaired) electrons. The van der Waals surface area contributed by atoms with Crippen LogP contribution in [0, 0.1) is 11.3 Å². The molecule has 65 heavy (non-hydrogen) atoms. The highest BCUT2D eigenvalue weighted by Gasteiger charge is 2.25. The highest BCUT2D eigenvalue weighted by atomic mass is 15.1. The number of nitrogens with zero attached hydrogens (tertiary/aromatic N) is 5. The largest absolute Gasteiger partial charge is 0.359 e. The van der Waals surface area contributed by atoms with Gasteiger partial charge in [-0.3, -0.25) is 15.0 Å². The molecule has 10 rings (SSSR count). The molecule has 6 heteroatoms. The number of hydrogen-bond donors (Lipinski definition) is 1. The Balaban J connectivity index is 1.16. The predicted molar refractivity (Wildman–Crippen MR) is 269 cm³/mol. The Hall–Kier alpha value is -8.66. The second-order valence-electron chi connectivity index (χ2n) is 15.9. The van der Waals surface area contributed by atoms with Crippen LogP contribution >= 0.6 is 0 Å². The minimum Gasteiger partial charge on any atom is -0.359 e. The Morgan fingerprint density at radius 2 is 1.34 bits per heavy atom. The Labute approximate surface area is 379 Å². The van der Waals surface area contributed by atoms with Crippen LogP contribution in [0.25, 0.3) is 61.3 Å². The molecule has 1 unspecified atom stereocenters. The van der Waals surface area contributed by atoms with Gasteiger partial charge in [-0.2, -0.15) is 5.26 Å². The molecule has 0 bridgehead atoms. The summed E-state index contributed by atoms with van der Waals surface area (Å²) in [5, 5.41) is 16.4. The van der Waals surface area contributed by atoms with Crippen LogP contribution in [-0.2, 0) is 6.42 Å². The minimum atomic E-state index is -0.461. The number of nitriles is 1. The SMILES string of the molecule is C/C=C/C=N/C(=C\Cc1ccc2c(c1)c1cc(-c3ccnc(-c4ccccc4)c3)ccc1n2-c1cc(C#N)ccc1C1N=C(c2ccccc2)C=C(c2ccccc2)N1)c1ccccc1. The summed E-state index contributed by atoms with van der Waals surface area (Å²) in [5.41, 5.74) is 15.7. The molecule has 1 N–H and O–H groups in total. The number of rotatable bonds is 11. The van der Waals surface area contributed by atoms with E-state index in [4.69, 9.17) is 15.0 Å². The Kier molecular flexibility index (Phi) is 11.4. The van der Waals surface area contributed by atoms with Gasteiger partial charge in [0.05, 0.1) is 45.5 Å². The number of pyridine rings is 1. The molecule has 0 saturated heterocycles. The van der Waals surface area contributed by atoms with Gasteiger partial charge in [0.25, 0.3) is 0 Å². The van der Waals surface area contributed by atoms with Crippen molar-refractivity contribution in [1.29, 1.82) is 5.26 Å². The molecule has 3 heterocycles. The van der Waals surface area contributed by atoms with Gasteiger partial charge in [-0.1, -0.05) is 152 Å². The maximum absolute atomic E-state index is 10.4. The molecule has 310 valence electrons. The summed E-state index contributed by atoms with van der Waals surface area (Å²) in [4.78, 5) is 15.0. The number of nitrogens with one attached hydrogen (secondary N) is 1. The summed E-state index contributed by atoms with van der Waals surface area (Å²) in [5.74, 6) is 0. The van der Waals surface area contributed by atoms with Crippen molar-refractivity contribution in [3.63, 3.8) is 0 Å². The van der Waals surface area contributed by atoms with Crippen LogP contribution < -0.4 is 5.32 Å².